The largest absolute Gasteiger partial charge is 0.368 e. The van der Waals surface area contributed by atoms with Crippen LogP contribution in [-0.2, 0) is 0 Å². The Hall–Kier alpha value is -2.57. The van der Waals surface area contributed by atoms with Crippen LogP contribution in [0.25, 0.3) is 11.3 Å². The molecule has 2 aromatic rings. The number of nitrogens with zero attached hydrogens (tertiary/aromatic N) is 3. The molecule has 2 rings (SSSR count). The van der Waals surface area contributed by atoms with Crippen LogP contribution in [0.5, 0.6) is 0 Å². The van der Waals surface area contributed by atoms with Crippen LogP contribution in [-0.4, -0.2) is 14.9 Å². The molecular formula is C12H11FN4O2. The zero-order valence-electron chi connectivity index (χ0n) is 10.3. The highest BCUT2D eigenvalue weighted by atomic mass is 19.1. The number of rotatable bonds is 2. The van der Waals surface area contributed by atoms with Gasteiger partial charge in [-0.1, -0.05) is 6.07 Å². The zero-order chi connectivity index (χ0) is 14.2. The summed E-state index contributed by atoms with van der Waals surface area (Å²) in [5.74, 6) is -0.577. The molecule has 19 heavy (non-hydrogen) atoms. The number of hydrogen-bond acceptors (Lipinski definition) is 5. The summed E-state index contributed by atoms with van der Waals surface area (Å²) in [5, 5.41) is 11.1. The predicted octanol–water partition coefficient (Wildman–Crippen LogP) is 2.39. The van der Waals surface area contributed by atoms with Gasteiger partial charge < -0.3 is 5.73 Å². The van der Waals surface area contributed by atoms with Crippen molar-refractivity contribution in [3.63, 3.8) is 0 Å². The molecule has 1 aromatic carbocycles. The van der Waals surface area contributed by atoms with Gasteiger partial charge in [-0.3, -0.25) is 10.1 Å². The van der Waals surface area contributed by atoms with Gasteiger partial charge >= 0.3 is 5.69 Å². The maximum absolute atomic E-state index is 13.3. The highest BCUT2D eigenvalue weighted by molar-refractivity contribution is 5.74. The first kappa shape index (κ1) is 12.9. The number of nitro groups is 1. The van der Waals surface area contributed by atoms with E-state index in [0.717, 1.165) is 0 Å². The lowest BCUT2D eigenvalue weighted by molar-refractivity contribution is -0.385. The van der Waals surface area contributed by atoms with E-state index in [0.29, 0.717) is 11.1 Å². The SMILES string of the molecule is Cc1ccc(F)cc1-c1nc(N)nc(C)c1[N+](=O)[O-]. The van der Waals surface area contributed by atoms with Crippen molar-refractivity contribution in [2.75, 3.05) is 5.73 Å². The minimum Gasteiger partial charge on any atom is -0.368 e. The van der Waals surface area contributed by atoms with E-state index in [1.54, 1.807) is 6.92 Å². The van der Waals surface area contributed by atoms with E-state index < -0.39 is 10.7 Å². The Kier molecular flexibility index (Phi) is 3.12. The minimum absolute atomic E-state index is 0.0343. The van der Waals surface area contributed by atoms with Gasteiger partial charge in [0, 0.05) is 5.56 Å². The molecule has 0 radical (unpaired) electrons. The molecule has 0 bridgehead atoms. The summed E-state index contributed by atoms with van der Waals surface area (Å²) in [6.45, 7) is 3.18. The van der Waals surface area contributed by atoms with Crippen molar-refractivity contribution in [1.29, 1.82) is 0 Å². The number of aromatic nitrogens is 2. The topological polar surface area (TPSA) is 94.9 Å². The summed E-state index contributed by atoms with van der Waals surface area (Å²) in [6, 6.07) is 4.01. The Morgan fingerprint density at radius 1 is 1.32 bits per heavy atom. The van der Waals surface area contributed by atoms with Gasteiger partial charge in [-0.15, -0.1) is 0 Å². The fourth-order valence-corrected chi connectivity index (χ4v) is 1.84. The lowest BCUT2D eigenvalue weighted by Crippen LogP contribution is -2.05. The second-order valence-corrected chi connectivity index (χ2v) is 4.08. The van der Waals surface area contributed by atoms with Crippen molar-refractivity contribution in [1.82, 2.24) is 9.97 Å². The fraction of sp³-hybridized carbons (Fsp3) is 0.167. The summed E-state index contributed by atoms with van der Waals surface area (Å²) in [5.41, 5.74) is 6.44. The van der Waals surface area contributed by atoms with Gasteiger partial charge in [0.05, 0.1) is 4.92 Å². The number of nitrogen functional groups attached to an aromatic ring is 1. The predicted molar refractivity (Wildman–Crippen MR) is 68.0 cm³/mol. The first-order chi connectivity index (χ1) is 8.90. The Labute approximate surface area is 108 Å². The second kappa shape index (κ2) is 4.60. The molecule has 0 amide bonds. The Morgan fingerprint density at radius 3 is 2.63 bits per heavy atom. The van der Waals surface area contributed by atoms with Gasteiger partial charge in [0.1, 0.15) is 11.5 Å². The molecule has 0 unspecified atom stereocenters. The third-order valence-electron chi connectivity index (χ3n) is 2.71. The zero-order valence-corrected chi connectivity index (χ0v) is 10.3. The van der Waals surface area contributed by atoms with E-state index in [2.05, 4.69) is 9.97 Å². The smallest absolute Gasteiger partial charge is 0.316 e. The number of aryl methyl sites for hydroxylation is 2. The molecule has 7 heteroatoms. The highest BCUT2D eigenvalue weighted by Gasteiger charge is 2.24. The lowest BCUT2D eigenvalue weighted by Gasteiger charge is -2.08. The first-order valence-electron chi connectivity index (χ1n) is 5.45. The molecule has 1 heterocycles. The van der Waals surface area contributed by atoms with Crippen LogP contribution in [0.2, 0.25) is 0 Å². The minimum atomic E-state index is -0.589. The van der Waals surface area contributed by atoms with Crippen molar-refractivity contribution >= 4 is 11.6 Å². The Morgan fingerprint density at radius 2 is 2.00 bits per heavy atom. The maximum Gasteiger partial charge on any atom is 0.316 e. The monoisotopic (exact) mass is 262 g/mol. The summed E-state index contributed by atoms with van der Waals surface area (Å²) in [4.78, 5) is 18.2. The van der Waals surface area contributed by atoms with Crippen LogP contribution in [0.3, 0.4) is 0 Å². The van der Waals surface area contributed by atoms with Crippen molar-refractivity contribution in [3.05, 3.63) is 45.4 Å². The molecule has 0 spiro atoms. The van der Waals surface area contributed by atoms with E-state index in [9.17, 15) is 14.5 Å². The van der Waals surface area contributed by atoms with Gasteiger partial charge in [-0.2, -0.15) is 0 Å². The number of hydrogen-bond donors (Lipinski definition) is 1. The molecular weight excluding hydrogens is 251 g/mol. The van der Waals surface area contributed by atoms with Gasteiger partial charge in [0.25, 0.3) is 0 Å². The third kappa shape index (κ3) is 2.35. The maximum atomic E-state index is 13.3. The normalized spacial score (nSPS) is 10.5. The average Bonchev–Trinajstić information content (AvgIpc) is 2.30. The molecule has 2 N–H and O–H groups in total. The number of nitrogens with two attached hydrogens (primary N) is 1. The standard InChI is InChI=1S/C12H11FN4O2/c1-6-3-4-8(13)5-9(6)10-11(17(18)19)7(2)15-12(14)16-10/h3-5H,1-2H3,(H2,14,15,16). The van der Waals surface area contributed by atoms with Crippen LogP contribution in [0, 0.1) is 29.8 Å². The van der Waals surface area contributed by atoms with E-state index in [1.165, 1.54) is 25.1 Å². The Balaban J connectivity index is 2.81. The van der Waals surface area contributed by atoms with E-state index in [4.69, 9.17) is 5.73 Å². The Bertz CT molecular complexity index is 673. The van der Waals surface area contributed by atoms with Crippen molar-refractivity contribution < 1.29 is 9.31 Å². The number of halogens is 1. The third-order valence-corrected chi connectivity index (χ3v) is 2.71. The van der Waals surface area contributed by atoms with Gasteiger partial charge in [-0.05, 0) is 31.5 Å². The summed E-state index contributed by atoms with van der Waals surface area (Å²) < 4.78 is 13.3. The molecule has 0 aliphatic carbocycles. The summed E-state index contributed by atoms with van der Waals surface area (Å²) in [6.07, 6.45) is 0. The number of anilines is 1. The van der Waals surface area contributed by atoms with E-state index in [-0.39, 0.29) is 23.0 Å². The van der Waals surface area contributed by atoms with E-state index >= 15 is 0 Å². The molecule has 98 valence electrons. The fourth-order valence-electron chi connectivity index (χ4n) is 1.84. The van der Waals surface area contributed by atoms with E-state index in [1.807, 2.05) is 0 Å². The van der Waals surface area contributed by atoms with Crippen LogP contribution in [0.4, 0.5) is 16.0 Å². The van der Waals surface area contributed by atoms with Crippen LogP contribution in [0.15, 0.2) is 18.2 Å². The molecule has 0 fully saturated rings. The average molecular weight is 262 g/mol. The summed E-state index contributed by atoms with van der Waals surface area (Å²) in [7, 11) is 0. The lowest BCUT2D eigenvalue weighted by atomic mass is 10.0. The molecule has 6 nitrogen and oxygen atoms in total. The molecule has 0 saturated carbocycles. The van der Waals surface area contributed by atoms with Crippen LogP contribution < -0.4 is 5.73 Å². The molecule has 1 aromatic heterocycles. The summed E-state index contributed by atoms with van der Waals surface area (Å²) >= 11 is 0. The molecule has 0 saturated heterocycles. The quantitative estimate of drug-likeness (QED) is 0.662. The van der Waals surface area contributed by atoms with Gasteiger partial charge in [-0.25, -0.2) is 14.4 Å². The number of benzene rings is 1. The van der Waals surface area contributed by atoms with Crippen molar-refractivity contribution in [2.45, 2.75) is 13.8 Å². The molecule has 0 aliphatic heterocycles. The van der Waals surface area contributed by atoms with Gasteiger partial charge in [0.2, 0.25) is 5.95 Å². The van der Waals surface area contributed by atoms with Crippen LogP contribution in [0.1, 0.15) is 11.3 Å². The second-order valence-electron chi connectivity index (χ2n) is 4.08. The first-order valence-corrected chi connectivity index (χ1v) is 5.45. The van der Waals surface area contributed by atoms with Crippen LogP contribution >= 0.6 is 0 Å². The van der Waals surface area contributed by atoms with Crippen molar-refractivity contribution in [3.8, 4) is 11.3 Å². The highest BCUT2D eigenvalue weighted by Crippen LogP contribution is 2.32. The van der Waals surface area contributed by atoms with Crippen molar-refractivity contribution in [2.24, 2.45) is 0 Å². The van der Waals surface area contributed by atoms with Gasteiger partial charge in [0.15, 0.2) is 5.69 Å². The molecule has 0 atom stereocenters. The molecule has 0 aliphatic rings.